The molecule has 0 amide bonds. The first-order chi connectivity index (χ1) is 6.37. The van der Waals surface area contributed by atoms with Gasteiger partial charge in [-0.25, -0.2) is 0 Å². The van der Waals surface area contributed by atoms with Crippen LogP contribution in [0.25, 0.3) is 0 Å². The molecule has 0 heterocycles. The van der Waals surface area contributed by atoms with Crippen molar-refractivity contribution >= 4 is 0 Å². The van der Waals surface area contributed by atoms with Crippen LogP contribution in [0, 0.1) is 10.8 Å². The summed E-state index contributed by atoms with van der Waals surface area (Å²) in [5, 5.41) is 0. The maximum Gasteiger partial charge on any atom is 0.393 e. The molecule has 0 spiro atoms. The zero-order chi connectivity index (χ0) is 12.9. The zero-order valence-electron chi connectivity index (χ0n) is 11.0. The Morgan fingerprint density at radius 2 is 0.933 bits per heavy atom. The van der Waals surface area contributed by atoms with Gasteiger partial charge in [0.15, 0.2) is 0 Å². The second-order valence-corrected chi connectivity index (χ2v) is 5.62. The van der Waals surface area contributed by atoms with Gasteiger partial charge in [-0.1, -0.05) is 61.3 Å². The van der Waals surface area contributed by atoms with Crippen molar-refractivity contribution in [3.05, 3.63) is 0 Å². The maximum absolute atomic E-state index is 11.6. The van der Waals surface area contributed by atoms with Crippen LogP contribution in [0.5, 0.6) is 0 Å². The van der Waals surface area contributed by atoms with Crippen molar-refractivity contribution in [2.24, 2.45) is 10.8 Å². The summed E-state index contributed by atoms with van der Waals surface area (Å²) in [5.74, 6) is 0. The second-order valence-electron chi connectivity index (χ2n) is 5.62. The quantitative estimate of drug-likeness (QED) is 0.589. The first-order valence-corrected chi connectivity index (χ1v) is 5.44. The van der Waals surface area contributed by atoms with Gasteiger partial charge in [-0.3, -0.25) is 0 Å². The summed E-state index contributed by atoms with van der Waals surface area (Å²) < 4.78 is 34.7. The zero-order valence-corrected chi connectivity index (χ0v) is 11.0. The molecular weight excluding hydrogens is 201 g/mol. The summed E-state index contributed by atoms with van der Waals surface area (Å²) in [6, 6.07) is 0. The van der Waals surface area contributed by atoms with Gasteiger partial charge in [0.25, 0.3) is 0 Å². The molecule has 0 aliphatic rings. The van der Waals surface area contributed by atoms with Crippen molar-refractivity contribution in [3.63, 3.8) is 0 Å². The smallest absolute Gasteiger partial charge is 0.171 e. The molecule has 0 aromatic rings. The molecule has 0 unspecified atom stereocenters. The van der Waals surface area contributed by atoms with E-state index in [0.717, 1.165) is 20.8 Å². The molecule has 0 rings (SSSR count). The van der Waals surface area contributed by atoms with Crippen molar-refractivity contribution in [2.45, 2.75) is 67.5 Å². The Bertz CT molecular complexity index is 143. The average Bonchev–Trinajstić information content (AvgIpc) is 2.02. The minimum absolute atomic E-state index is 0.583. The second kappa shape index (κ2) is 5.76. The molecule has 0 atom stereocenters. The fourth-order valence-corrected chi connectivity index (χ4v) is 0.250. The highest BCUT2D eigenvalue weighted by molar-refractivity contribution is 4.70. The van der Waals surface area contributed by atoms with E-state index in [0.29, 0.717) is 5.41 Å². The van der Waals surface area contributed by atoms with Crippen molar-refractivity contribution in [3.8, 4) is 0 Å². The molecule has 0 radical (unpaired) electrons. The number of hydrogen-bond acceptors (Lipinski definition) is 0. The number of alkyl halides is 3. The minimum Gasteiger partial charge on any atom is -0.171 e. The lowest BCUT2D eigenvalue weighted by Gasteiger charge is -2.21. The summed E-state index contributed by atoms with van der Waals surface area (Å²) in [6.45, 7) is 12.5. The molecule has 3 heteroatoms. The van der Waals surface area contributed by atoms with Gasteiger partial charge in [-0.15, -0.1) is 0 Å². The highest BCUT2D eigenvalue weighted by Crippen LogP contribution is 2.36. The molecule has 0 fully saturated rings. The monoisotopic (exact) mass is 226 g/mol. The molecule has 0 aromatic heterocycles. The SMILES string of the molecule is CC(C)(C)C(F)(F)F.CCC(C)(C)CC. The predicted molar refractivity (Wildman–Crippen MR) is 59.9 cm³/mol. The molecule has 0 aliphatic carbocycles. The van der Waals surface area contributed by atoms with E-state index in [2.05, 4.69) is 27.7 Å². The molecule has 0 saturated heterocycles. The van der Waals surface area contributed by atoms with Crippen molar-refractivity contribution in [1.82, 2.24) is 0 Å². The fourth-order valence-electron chi connectivity index (χ4n) is 0.250. The van der Waals surface area contributed by atoms with E-state index in [1.807, 2.05) is 0 Å². The van der Waals surface area contributed by atoms with E-state index in [9.17, 15) is 13.2 Å². The molecule has 15 heavy (non-hydrogen) atoms. The van der Waals surface area contributed by atoms with Crippen LogP contribution in [0.3, 0.4) is 0 Å². The molecule has 0 nitrogen and oxygen atoms in total. The van der Waals surface area contributed by atoms with E-state index in [-0.39, 0.29) is 0 Å². The van der Waals surface area contributed by atoms with E-state index >= 15 is 0 Å². The topological polar surface area (TPSA) is 0 Å². The fraction of sp³-hybridized carbons (Fsp3) is 1.00. The maximum atomic E-state index is 11.6. The van der Waals surface area contributed by atoms with Crippen LogP contribution < -0.4 is 0 Å². The third-order valence-electron chi connectivity index (χ3n) is 2.76. The van der Waals surface area contributed by atoms with Crippen LogP contribution >= 0.6 is 0 Å². The van der Waals surface area contributed by atoms with E-state index < -0.39 is 11.6 Å². The van der Waals surface area contributed by atoms with Gasteiger partial charge in [-0.05, 0) is 5.41 Å². The normalized spacial score (nSPS) is 13.2. The summed E-state index contributed by atoms with van der Waals surface area (Å²) in [5.41, 5.74) is -0.979. The van der Waals surface area contributed by atoms with Gasteiger partial charge in [0, 0.05) is 0 Å². The lowest BCUT2D eigenvalue weighted by atomic mass is 9.88. The van der Waals surface area contributed by atoms with E-state index in [4.69, 9.17) is 0 Å². The number of halogens is 3. The van der Waals surface area contributed by atoms with Crippen LogP contribution in [0.4, 0.5) is 13.2 Å². The Labute approximate surface area is 92.3 Å². The number of rotatable bonds is 2. The predicted octanol–water partition coefficient (Wildman–Crippen LogP) is 5.43. The van der Waals surface area contributed by atoms with Gasteiger partial charge in [-0.2, -0.15) is 13.2 Å². The summed E-state index contributed by atoms with van der Waals surface area (Å²) in [4.78, 5) is 0. The molecule has 94 valence electrons. The van der Waals surface area contributed by atoms with Crippen LogP contribution in [0.15, 0.2) is 0 Å². The van der Waals surface area contributed by atoms with Crippen LogP contribution in [-0.2, 0) is 0 Å². The average molecular weight is 226 g/mol. The summed E-state index contributed by atoms with van der Waals surface area (Å²) >= 11 is 0. The first-order valence-electron chi connectivity index (χ1n) is 5.44. The van der Waals surface area contributed by atoms with Crippen LogP contribution in [0.1, 0.15) is 61.3 Å². The standard InChI is InChI=1S/C7H16.C5H9F3/c1-5-7(3,4)6-2;1-4(2,3)5(6,7)8/h5-6H2,1-4H3;1-3H3. The Morgan fingerprint density at radius 3 is 0.933 bits per heavy atom. The Balaban J connectivity index is 0. The van der Waals surface area contributed by atoms with Crippen molar-refractivity contribution < 1.29 is 13.2 Å². The highest BCUT2D eigenvalue weighted by atomic mass is 19.4. The van der Waals surface area contributed by atoms with Gasteiger partial charge in [0.2, 0.25) is 0 Å². The van der Waals surface area contributed by atoms with Gasteiger partial charge < -0.3 is 0 Å². The molecule has 0 saturated carbocycles. The lowest BCUT2D eigenvalue weighted by molar-refractivity contribution is -0.204. The molecule has 0 aliphatic heterocycles. The van der Waals surface area contributed by atoms with E-state index in [1.165, 1.54) is 12.8 Å². The van der Waals surface area contributed by atoms with Crippen LogP contribution in [0.2, 0.25) is 0 Å². The summed E-state index contributed by atoms with van der Waals surface area (Å²) in [6.07, 6.45) is -1.47. The third-order valence-corrected chi connectivity index (χ3v) is 2.76. The van der Waals surface area contributed by atoms with Crippen molar-refractivity contribution in [1.29, 1.82) is 0 Å². The van der Waals surface area contributed by atoms with Gasteiger partial charge in [0.05, 0.1) is 5.41 Å². The van der Waals surface area contributed by atoms with Crippen molar-refractivity contribution in [2.75, 3.05) is 0 Å². The minimum atomic E-state index is -4.06. The lowest BCUT2D eigenvalue weighted by Crippen LogP contribution is -2.28. The number of hydrogen-bond donors (Lipinski definition) is 0. The highest BCUT2D eigenvalue weighted by Gasteiger charge is 2.42. The third kappa shape index (κ3) is 8.76. The molecule has 0 N–H and O–H groups in total. The molecule has 0 aromatic carbocycles. The molecule has 0 bridgehead atoms. The first kappa shape index (κ1) is 17.2. The van der Waals surface area contributed by atoms with E-state index in [1.54, 1.807) is 0 Å². The summed E-state index contributed by atoms with van der Waals surface area (Å²) in [7, 11) is 0. The Hall–Kier alpha value is -0.210. The van der Waals surface area contributed by atoms with Gasteiger partial charge in [0.1, 0.15) is 0 Å². The Morgan fingerprint density at radius 1 is 0.733 bits per heavy atom. The Kier molecular flexibility index (Phi) is 6.60. The largest absolute Gasteiger partial charge is 0.393 e. The van der Waals surface area contributed by atoms with Gasteiger partial charge >= 0.3 is 6.18 Å². The van der Waals surface area contributed by atoms with Crippen LogP contribution in [-0.4, -0.2) is 6.18 Å². The molecular formula is C12H25F3.